The van der Waals surface area contributed by atoms with Gasteiger partial charge in [0.1, 0.15) is 12.0 Å². The molecule has 0 saturated heterocycles. The Kier molecular flexibility index (Phi) is 9.16. The van der Waals surface area contributed by atoms with Crippen molar-refractivity contribution in [2.75, 3.05) is 31.6 Å². The van der Waals surface area contributed by atoms with Crippen LogP contribution in [0.3, 0.4) is 0 Å². The Labute approximate surface area is 191 Å². The predicted octanol–water partition coefficient (Wildman–Crippen LogP) is 2.72. The fourth-order valence-electron chi connectivity index (χ4n) is 3.33. The molecule has 3 N–H and O–H groups in total. The highest BCUT2D eigenvalue weighted by Gasteiger charge is 2.28. The number of nitrogens with one attached hydrogen (secondary N) is 2. The summed E-state index contributed by atoms with van der Waals surface area (Å²) >= 11 is 0. The fourth-order valence-corrected chi connectivity index (χ4v) is 3.33. The number of carbonyl (C=O) groups is 1. The number of hydrogen-bond donors (Lipinski definition) is 3. The van der Waals surface area contributed by atoms with E-state index in [-0.39, 0.29) is 29.9 Å². The molecule has 1 aliphatic heterocycles. The number of aliphatic hydroxyl groups excluding tert-OH is 1. The summed E-state index contributed by atoms with van der Waals surface area (Å²) in [7, 11) is 0. The van der Waals surface area contributed by atoms with Crippen molar-refractivity contribution in [3.05, 3.63) is 76.2 Å². The summed E-state index contributed by atoms with van der Waals surface area (Å²) < 4.78 is 11.6. The number of anilines is 1. The van der Waals surface area contributed by atoms with Crippen LogP contribution in [0.4, 0.5) is 11.5 Å². The smallest absolute Gasteiger partial charge is 0.287 e. The zero-order valence-electron chi connectivity index (χ0n) is 18.2. The molecule has 0 fully saturated rings. The molecule has 0 saturated carbocycles. The Hall–Kier alpha value is -3.50. The molecule has 1 aliphatic rings. The maximum atomic E-state index is 12.7. The number of aromatic nitrogens is 1. The number of nitrogens with zero attached hydrogens (tertiary/aromatic N) is 2. The van der Waals surface area contributed by atoms with E-state index in [0.717, 1.165) is 5.56 Å². The number of nitro groups is 1. The molecule has 0 bridgehead atoms. The lowest BCUT2D eigenvalue weighted by Crippen LogP contribution is -2.35. The van der Waals surface area contributed by atoms with Crippen molar-refractivity contribution in [1.82, 2.24) is 10.3 Å². The number of hydrogen-bond acceptors (Lipinski definition) is 8. The van der Waals surface area contributed by atoms with Gasteiger partial charge in [-0.15, -0.1) is 0 Å². The minimum Gasteiger partial charge on any atom is -0.459 e. The van der Waals surface area contributed by atoms with Gasteiger partial charge in [0.15, 0.2) is 5.76 Å². The number of benzene rings is 1. The number of aliphatic hydroxyl groups is 1. The van der Waals surface area contributed by atoms with Gasteiger partial charge in [-0.1, -0.05) is 30.3 Å². The molecule has 10 nitrogen and oxygen atoms in total. The van der Waals surface area contributed by atoms with Crippen molar-refractivity contribution in [1.29, 1.82) is 0 Å². The van der Waals surface area contributed by atoms with E-state index >= 15 is 0 Å². The van der Waals surface area contributed by atoms with Gasteiger partial charge in [0.25, 0.3) is 11.6 Å². The van der Waals surface area contributed by atoms with Gasteiger partial charge in [0.05, 0.1) is 11.5 Å². The van der Waals surface area contributed by atoms with Crippen LogP contribution >= 0.6 is 0 Å². The Morgan fingerprint density at radius 2 is 2.03 bits per heavy atom. The first-order chi connectivity index (χ1) is 16.1. The van der Waals surface area contributed by atoms with Crippen LogP contribution in [-0.4, -0.2) is 53.5 Å². The highest BCUT2D eigenvalue weighted by molar-refractivity contribution is 5.91. The average Bonchev–Trinajstić information content (AvgIpc) is 2.85. The van der Waals surface area contributed by atoms with Crippen molar-refractivity contribution >= 4 is 17.4 Å². The third-order valence-electron chi connectivity index (χ3n) is 5.04. The largest absolute Gasteiger partial charge is 0.459 e. The SMILES string of the molecule is O=C(NCCNc1ccc([N+](=O)[O-])cn1)C1=CC(c2ccccc2)CC(OCCCCO)O1. The first-order valence-electron chi connectivity index (χ1n) is 10.8. The summed E-state index contributed by atoms with van der Waals surface area (Å²) in [6.07, 6.45) is 4.37. The van der Waals surface area contributed by atoms with Gasteiger partial charge in [-0.2, -0.15) is 0 Å². The summed E-state index contributed by atoms with van der Waals surface area (Å²) in [5.41, 5.74) is 0.984. The summed E-state index contributed by atoms with van der Waals surface area (Å²) in [5.74, 6) is 0.309. The highest BCUT2D eigenvalue weighted by Crippen LogP contribution is 2.31. The lowest BCUT2D eigenvalue weighted by Gasteiger charge is -2.29. The molecule has 33 heavy (non-hydrogen) atoms. The number of pyridine rings is 1. The molecule has 2 aromatic rings. The number of unbranched alkanes of at least 4 members (excludes halogenated alkanes) is 1. The lowest BCUT2D eigenvalue weighted by atomic mass is 9.93. The first kappa shape index (κ1) is 24.1. The quantitative estimate of drug-likeness (QED) is 0.252. The zero-order chi connectivity index (χ0) is 23.5. The van der Waals surface area contributed by atoms with Crippen LogP contribution in [0.25, 0.3) is 0 Å². The molecule has 2 heterocycles. The van der Waals surface area contributed by atoms with Crippen molar-refractivity contribution < 1.29 is 24.3 Å². The van der Waals surface area contributed by atoms with Crippen LogP contribution in [0.1, 0.15) is 30.7 Å². The van der Waals surface area contributed by atoms with Gasteiger partial charge < -0.3 is 25.2 Å². The van der Waals surface area contributed by atoms with Crippen molar-refractivity contribution in [2.45, 2.75) is 31.5 Å². The van der Waals surface area contributed by atoms with Crippen LogP contribution < -0.4 is 10.6 Å². The van der Waals surface area contributed by atoms with Gasteiger partial charge >= 0.3 is 0 Å². The Morgan fingerprint density at radius 1 is 1.21 bits per heavy atom. The predicted molar refractivity (Wildman–Crippen MR) is 121 cm³/mol. The van der Waals surface area contributed by atoms with Crippen molar-refractivity contribution in [3.8, 4) is 0 Å². The second-order valence-corrected chi connectivity index (χ2v) is 7.47. The van der Waals surface area contributed by atoms with Gasteiger partial charge in [0, 0.05) is 38.1 Å². The van der Waals surface area contributed by atoms with Gasteiger partial charge in [-0.3, -0.25) is 14.9 Å². The molecular formula is C23H28N4O6. The summed E-state index contributed by atoms with van der Waals surface area (Å²) in [4.78, 5) is 26.9. The molecule has 0 spiro atoms. The molecule has 1 aromatic carbocycles. The van der Waals surface area contributed by atoms with Gasteiger partial charge in [0.2, 0.25) is 6.29 Å². The van der Waals surface area contributed by atoms with E-state index in [1.54, 1.807) is 0 Å². The molecule has 2 atom stereocenters. The molecule has 2 unspecified atom stereocenters. The molecular weight excluding hydrogens is 428 g/mol. The Bertz CT molecular complexity index is 936. The molecule has 176 valence electrons. The van der Waals surface area contributed by atoms with E-state index in [2.05, 4.69) is 15.6 Å². The zero-order valence-corrected chi connectivity index (χ0v) is 18.2. The molecule has 10 heteroatoms. The maximum Gasteiger partial charge on any atom is 0.287 e. The average molecular weight is 456 g/mol. The van der Waals surface area contributed by atoms with Crippen molar-refractivity contribution in [3.63, 3.8) is 0 Å². The second kappa shape index (κ2) is 12.5. The molecule has 3 rings (SSSR count). The minimum atomic E-state index is -0.554. The van der Waals surface area contributed by atoms with Crippen LogP contribution in [0.15, 0.2) is 60.5 Å². The van der Waals surface area contributed by atoms with Gasteiger partial charge in [-0.05, 0) is 30.5 Å². The number of carbonyl (C=O) groups excluding carboxylic acids is 1. The van der Waals surface area contributed by atoms with E-state index < -0.39 is 11.2 Å². The summed E-state index contributed by atoms with van der Waals surface area (Å²) in [6.45, 7) is 1.23. The molecule has 0 radical (unpaired) electrons. The van der Waals surface area contributed by atoms with Crippen LogP contribution in [-0.2, 0) is 14.3 Å². The number of amides is 1. The van der Waals surface area contributed by atoms with E-state index in [1.165, 1.54) is 18.3 Å². The third-order valence-corrected chi connectivity index (χ3v) is 5.04. The first-order valence-corrected chi connectivity index (χ1v) is 10.8. The molecule has 0 aliphatic carbocycles. The molecule has 1 amide bonds. The lowest BCUT2D eigenvalue weighted by molar-refractivity contribution is -0.385. The topological polar surface area (TPSA) is 136 Å². The molecule has 1 aromatic heterocycles. The summed E-state index contributed by atoms with van der Waals surface area (Å²) in [5, 5.41) is 25.4. The van der Waals surface area contributed by atoms with Gasteiger partial charge in [-0.25, -0.2) is 4.98 Å². The van der Waals surface area contributed by atoms with E-state index in [1.807, 2.05) is 36.4 Å². The number of ether oxygens (including phenoxy) is 2. The maximum absolute atomic E-state index is 12.7. The Balaban J connectivity index is 1.54. The summed E-state index contributed by atoms with van der Waals surface area (Å²) in [6, 6.07) is 12.7. The van der Waals surface area contributed by atoms with E-state index in [0.29, 0.717) is 44.8 Å². The standard InChI is InChI=1S/C23H28N4O6/c28-12-4-5-13-32-22-15-18(17-6-2-1-3-7-17)14-20(33-22)23(29)25-11-10-24-21-9-8-19(16-26-21)27(30)31/h1-3,6-9,14,16,18,22,28H,4-5,10-13,15H2,(H,24,26)(H,25,29). The normalized spacial score (nSPS) is 17.5. The Morgan fingerprint density at radius 3 is 2.73 bits per heavy atom. The van der Waals surface area contributed by atoms with Crippen LogP contribution in [0.2, 0.25) is 0 Å². The van der Waals surface area contributed by atoms with E-state index in [4.69, 9.17) is 14.6 Å². The van der Waals surface area contributed by atoms with E-state index in [9.17, 15) is 14.9 Å². The number of allylic oxidation sites excluding steroid dienone is 1. The van der Waals surface area contributed by atoms with Crippen LogP contribution in [0.5, 0.6) is 0 Å². The highest BCUT2D eigenvalue weighted by atomic mass is 16.7. The monoisotopic (exact) mass is 456 g/mol. The number of rotatable bonds is 12. The van der Waals surface area contributed by atoms with Crippen molar-refractivity contribution in [2.24, 2.45) is 0 Å². The minimum absolute atomic E-state index is 0.0222. The second-order valence-electron chi connectivity index (χ2n) is 7.47. The van der Waals surface area contributed by atoms with Crippen LogP contribution in [0, 0.1) is 10.1 Å². The fraction of sp³-hybridized carbons (Fsp3) is 0.391. The third kappa shape index (κ3) is 7.55.